The first kappa shape index (κ1) is 16.8. The van der Waals surface area contributed by atoms with Crippen LogP contribution in [0, 0.1) is 12.8 Å². The van der Waals surface area contributed by atoms with E-state index in [4.69, 9.17) is 5.73 Å². The Morgan fingerprint density at radius 1 is 1.25 bits per heavy atom. The topological polar surface area (TPSA) is 55.1 Å². The van der Waals surface area contributed by atoms with Gasteiger partial charge < -0.3 is 11.1 Å². The van der Waals surface area contributed by atoms with E-state index in [0.717, 1.165) is 24.3 Å². The van der Waals surface area contributed by atoms with Gasteiger partial charge in [-0.3, -0.25) is 4.79 Å². The van der Waals surface area contributed by atoms with Gasteiger partial charge in [-0.2, -0.15) is 0 Å². The molecule has 112 valence electrons. The van der Waals surface area contributed by atoms with Crippen molar-refractivity contribution in [1.29, 1.82) is 0 Å². The molecule has 2 unspecified atom stereocenters. The fourth-order valence-electron chi connectivity index (χ4n) is 2.78. The molecule has 0 bridgehead atoms. The molecule has 2 atom stereocenters. The lowest BCUT2D eigenvalue weighted by Gasteiger charge is -2.17. The second-order valence-corrected chi connectivity index (χ2v) is 5.86. The molecule has 20 heavy (non-hydrogen) atoms. The van der Waals surface area contributed by atoms with E-state index in [0.29, 0.717) is 17.3 Å². The number of amides is 1. The highest BCUT2D eigenvalue weighted by atomic mass is 35.5. The van der Waals surface area contributed by atoms with Gasteiger partial charge in [0, 0.05) is 17.3 Å². The summed E-state index contributed by atoms with van der Waals surface area (Å²) in [5, 5.41) is 3.17. The molecule has 1 saturated carbocycles. The molecule has 0 radical (unpaired) electrons. The van der Waals surface area contributed by atoms with E-state index < -0.39 is 0 Å². The molecule has 0 saturated heterocycles. The van der Waals surface area contributed by atoms with Crippen LogP contribution in [-0.4, -0.2) is 11.9 Å². The first-order valence-corrected chi connectivity index (χ1v) is 7.23. The number of carbonyl (C=O) groups is 1. The average Bonchev–Trinajstić information content (AvgIpc) is 2.57. The quantitative estimate of drug-likeness (QED) is 0.646. The second-order valence-electron chi connectivity index (χ2n) is 5.86. The minimum Gasteiger partial charge on any atom is -0.399 e. The summed E-state index contributed by atoms with van der Waals surface area (Å²) >= 11 is 0. The normalized spacial score (nSPS) is 22.5. The smallest absolute Gasteiger partial charge is 0.251 e. The monoisotopic (exact) mass is 296 g/mol. The summed E-state index contributed by atoms with van der Waals surface area (Å²) in [5.74, 6) is 0.806. The van der Waals surface area contributed by atoms with Crippen LogP contribution < -0.4 is 11.1 Å². The number of nitrogens with one attached hydrogen (secondary N) is 1. The van der Waals surface area contributed by atoms with E-state index in [9.17, 15) is 4.79 Å². The Balaban J connectivity index is 0.00000200. The van der Waals surface area contributed by atoms with Crippen LogP contribution >= 0.6 is 12.4 Å². The standard InChI is InChI=1S/C16H24N2O.ClH/c1-11-4-3-5-14(9-6-11)18-16(19)15-10-13(17)8-7-12(15)2;/h7-8,10-11,14H,3-6,9,17H2,1-2H3,(H,18,19);1H. The fourth-order valence-corrected chi connectivity index (χ4v) is 2.78. The van der Waals surface area contributed by atoms with E-state index in [-0.39, 0.29) is 18.3 Å². The Hall–Kier alpha value is -1.22. The molecular formula is C16H25ClN2O. The Morgan fingerprint density at radius 3 is 2.75 bits per heavy atom. The molecule has 1 aliphatic rings. The van der Waals surface area contributed by atoms with Crippen molar-refractivity contribution in [2.24, 2.45) is 5.92 Å². The summed E-state index contributed by atoms with van der Waals surface area (Å²) in [6.07, 6.45) is 5.89. The average molecular weight is 297 g/mol. The van der Waals surface area contributed by atoms with Crippen LogP contribution in [0.1, 0.15) is 54.9 Å². The number of benzene rings is 1. The summed E-state index contributed by atoms with van der Waals surface area (Å²) in [5.41, 5.74) is 8.09. The number of hydrogen-bond donors (Lipinski definition) is 2. The molecule has 3 N–H and O–H groups in total. The van der Waals surface area contributed by atoms with Crippen LogP contribution in [0.25, 0.3) is 0 Å². The molecule has 4 heteroatoms. The van der Waals surface area contributed by atoms with Gasteiger partial charge in [0.25, 0.3) is 5.91 Å². The van der Waals surface area contributed by atoms with E-state index >= 15 is 0 Å². The molecular weight excluding hydrogens is 272 g/mol. The molecule has 0 aliphatic heterocycles. The van der Waals surface area contributed by atoms with Gasteiger partial charge >= 0.3 is 0 Å². The third-order valence-corrected chi connectivity index (χ3v) is 4.10. The number of halogens is 1. The largest absolute Gasteiger partial charge is 0.399 e. The highest BCUT2D eigenvalue weighted by Gasteiger charge is 2.19. The predicted molar refractivity (Wildman–Crippen MR) is 86.3 cm³/mol. The SMILES string of the molecule is Cc1ccc(N)cc1C(=O)NC1CCCC(C)CC1.Cl. The van der Waals surface area contributed by atoms with Crippen LogP contribution in [0.3, 0.4) is 0 Å². The lowest BCUT2D eigenvalue weighted by molar-refractivity contribution is 0.0932. The number of hydrogen-bond acceptors (Lipinski definition) is 2. The zero-order chi connectivity index (χ0) is 13.8. The lowest BCUT2D eigenvalue weighted by atomic mass is 10.0. The summed E-state index contributed by atoms with van der Waals surface area (Å²) in [4.78, 5) is 12.3. The number of nitrogen functional groups attached to an aromatic ring is 1. The van der Waals surface area contributed by atoms with E-state index in [1.54, 1.807) is 6.07 Å². The second kappa shape index (κ2) is 7.53. The summed E-state index contributed by atoms with van der Waals surface area (Å²) in [6, 6.07) is 5.82. The Kier molecular flexibility index (Phi) is 6.34. The maximum Gasteiger partial charge on any atom is 0.251 e. The minimum absolute atomic E-state index is 0. The van der Waals surface area contributed by atoms with Gasteiger partial charge in [0.05, 0.1) is 0 Å². The predicted octanol–water partition coefficient (Wildman–Crippen LogP) is 3.70. The van der Waals surface area contributed by atoms with Crippen molar-refractivity contribution in [2.75, 3.05) is 5.73 Å². The van der Waals surface area contributed by atoms with Gasteiger partial charge in [0.15, 0.2) is 0 Å². The van der Waals surface area contributed by atoms with Crippen molar-refractivity contribution in [1.82, 2.24) is 5.32 Å². The molecule has 1 amide bonds. The number of carbonyl (C=O) groups excluding carboxylic acids is 1. The summed E-state index contributed by atoms with van der Waals surface area (Å²) < 4.78 is 0. The van der Waals surface area contributed by atoms with Crippen molar-refractivity contribution in [3.63, 3.8) is 0 Å². The number of nitrogens with two attached hydrogens (primary N) is 1. The maximum absolute atomic E-state index is 12.3. The highest BCUT2D eigenvalue weighted by Crippen LogP contribution is 2.23. The van der Waals surface area contributed by atoms with Crippen molar-refractivity contribution >= 4 is 24.0 Å². The zero-order valence-corrected chi connectivity index (χ0v) is 13.1. The first-order chi connectivity index (χ1) is 9.06. The van der Waals surface area contributed by atoms with Crippen molar-refractivity contribution < 1.29 is 4.79 Å². The van der Waals surface area contributed by atoms with Crippen molar-refractivity contribution in [3.8, 4) is 0 Å². The van der Waals surface area contributed by atoms with Crippen LogP contribution in [-0.2, 0) is 0 Å². The van der Waals surface area contributed by atoms with Crippen molar-refractivity contribution in [3.05, 3.63) is 29.3 Å². The summed E-state index contributed by atoms with van der Waals surface area (Å²) in [6.45, 7) is 4.25. The Morgan fingerprint density at radius 2 is 2.00 bits per heavy atom. The van der Waals surface area contributed by atoms with Gasteiger partial charge in [-0.15, -0.1) is 12.4 Å². The molecule has 1 aliphatic carbocycles. The number of rotatable bonds is 2. The first-order valence-electron chi connectivity index (χ1n) is 7.23. The minimum atomic E-state index is 0. The fraction of sp³-hybridized carbons (Fsp3) is 0.562. The van der Waals surface area contributed by atoms with E-state index in [2.05, 4.69) is 12.2 Å². The van der Waals surface area contributed by atoms with Crippen LogP contribution in [0.2, 0.25) is 0 Å². The van der Waals surface area contributed by atoms with Gasteiger partial charge in [-0.05, 0) is 49.8 Å². The maximum atomic E-state index is 12.3. The third-order valence-electron chi connectivity index (χ3n) is 4.10. The van der Waals surface area contributed by atoms with Crippen molar-refractivity contribution in [2.45, 2.75) is 52.0 Å². The third kappa shape index (κ3) is 4.41. The zero-order valence-electron chi connectivity index (χ0n) is 12.3. The molecule has 2 rings (SSSR count). The molecule has 0 aromatic heterocycles. The molecule has 0 heterocycles. The van der Waals surface area contributed by atoms with Crippen LogP contribution in [0.5, 0.6) is 0 Å². The van der Waals surface area contributed by atoms with E-state index in [1.165, 1.54) is 19.3 Å². The Labute approximate surface area is 127 Å². The van der Waals surface area contributed by atoms with Gasteiger partial charge in [0.1, 0.15) is 0 Å². The lowest BCUT2D eigenvalue weighted by Crippen LogP contribution is -2.34. The van der Waals surface area contributed by atoms with Crippen LogP contribution in [0.15, 0.2) is 18.2 Å². The van der Waals surface area contributed by atoms with E-state index in [1.807, 2.05) is 19.1 Å². The number of anilines is 1. The highest BCUT2D eigenvalue weighted by molar-refractivity contribution is 5.96. The van der Waals surface area contributed by atoms with Gasteiger partial charge in [-0.25, -0.2) is 0 Å². The molecule has 1 aromatic rings. The number of aryl methyl sites for hydroxylation is 1. The summed E-state index contributed by atoms with van der Waals surface area (Å²) in [7, 11) is 0. The van der Waals surface area contributed by atoms with Gasteiger partial charge in [-0.1, -0.05) is 25.8 Å². The molecule has 3 nitrogen and oxygen atoms in total. The Bertz CT molecular complexity index is 462. The van der Waals surface area contributed by atoms with Gasteiger partial charge in [0.2, 0.25) is 0 Å². The molecule has 1 fully saturated rings. The molecule has 0 spiro atoms. The molecule has 1 aromatic carbocycles. The van der Waals surface area contributed by atoms with Crippen LogP contribution in [0.4, 0.5) is 5.69 Å².